The van der Waals surface area contributed by atoms with Crippen molar-refractivity contribution in [2.45, 2.75) is 38.1 Å². The third-order valence-electron chi connectivity index (χ3n) is 5.34. The molecular formula is C21H21ClN2O2. The Morgan fingerprint density at radius 2 is 1.85 bits per heavy atom. The maximum absolute atomic E-state index is 9.23. The van der Waals surface area contributed by atoms with Crippen molar-refractivity contribution in [2.24, 2.45) is 5.92 Å². The van der Waals surface area contributed by atoms with E-state index in [1.807, 2.05) is 30.3 Å². The SMILES string of the molecule is OC(O)C1CC(N2CCc3nc(C#Cc4ccc(Cl)cc4)ccc3C2)C1. The van der Waals surface area contributed by atoms with Crippen LogP contribution in [-0.4, -0.2) is 39.0 Å². The standard InChI is InChI=1S/C21H21ClN2O2/c22-17-5-1-14(2-6-17)3-7-18-8-4-15-13-24(10-9-20(15)23-18)19-11-16(12-19)21(25)26/h1-2,4-6,8,16,19,21,25-26H,9-13H2. The summed E-state index contributed by atoms with van der Waals surface area (Å²) in [5.41, 5.74) is 4.09. The molecule has 0 amide bonds. The van der Waals surface area contributed by atoms with E-state index in [1.54, 1.807) is 0 Å². The summed E-state index contributed by atoms with van der Waals surface area (Å²) in [6, 6.07) is 12.0. The fourth-order valence-electron chi connectivity index (χ4n) is 3.66. The van der Waals surface area contributed by atoms with Crippen molar-refractivity contribution in [2.75, 3.05) is 6.54 Å². The average molecular weight is 369 g/mol. The highest BCUT2D eigenvalue weighted by Gasteiger charge is 2.38. The summed E-state index contributed by atoms with van der Waals surface area (Å²) in [5, 5.41) is 19.2. The smallest absolute Gasteiger partial charge is 0.154 e. The lowest BCUT2D eigenvalue weighted by Gasteiger charge is -2.45. The molecule has 2 aromatic rings. The maximum atomic E-state index is 9.23. The van der Waals surface area contributed by atoms with E-state index in [0.717, 1.165) is 49.3 Å². The molecule has 0 saturated heterocycles. The number of nitrogens with zero attached hydrogens (tertiary/aromatic N) is 2. The molecule has 1 aliphatic heterocycles. The molecule has 2 N–H and O–H groups in total. The van der Waals surface area contributed by atoms with E-state index in [1.165, 1.54) is 5.56 Å². The van der Waals surface area contributed by atoms with Gasteiger partial charge in [0.15, 0.2) is 6.29 Å². The van der Waals surface area contributed by atoms with Crippen LogP contribution >= 0.6 is 11.6 Å². The van der Waals surface area contributed by atoms with E-state index in [4.69, 9.17) is 16.6 Å². The van der Waals surface area contributed by atoms with Gasteiger partial charge in [0, 0.05) is 47.8 Å². The molecule has 4 rings (SSSR count). The Kier molecular flexibility index (Phi) is 4.97. The Morgan fingerprint density at radius 3 is 2.58 bits per heavy atom. The van der Waals surface area contributed by atoms with Crippen molar-refractivity contribution in [3.05, 3.63) is 63.9 Å². The Bertz CT molecular complexity index is 849. The Balaban J connectivity index is 1.42. The number of hydrogen-bond donors (Lipinski definition) is 2. The first-order valence-corrected chi connectivity index (χ1v) is 9.33. The number of aliphatic hydroxyl groups is 2. The maximum Gasteiger partial charge on any atom is 0.154 e. The summed E-state index contributed by atoms with van der Waals surface area (Å²) < 4.78 is 0. The monoisotopic (exact) mass is 368 g/mol. The number of pyridine rings is 1. The first kappa shape index (κ1) is 17.5. The van der Waals surface area contributed by atoms with Crippen LogP contribution in [0.5, 0.6) is 0 Å². The molecule has 0 atom stereocenters. The predicted octanol–water partition coefficient (Wildman–Crippen LogP) is 2.58. The molecule has 1 fully saturated rings. The molecule has 1 saturated carbocycles. The van der Waals surface area contributed by atoms with Crippen molar-refractivity contribution in [3.8, 4) is 11.8 Å². The average Bonchev–Trinajstić information content (AvgIpc) is 2.59. The number of rotatable bonds is 2. The van der Waals surface area contributed by atoms with Gasteiger partial charge in [0.25, 0.3) is 0 Å². The predicted molar refractivity (Wildman–Crippen MR) is 101 cm³/mol. The molecule has 26 heavy (non-hydrogen) atoms. The highest BCUT2D eigenvalue weighted by atomic mass is 35.5. The van der Waals surface area contributed by atoms with Gasteiger partial charge in [-0.25, -0.2) is 4.98 Å². The molecule has 0 bridgehead atoms. The topological polar surface area (TPSA) is 56.6 Å². The van der Waals surface area contributed by atoms with E-state index >= 15 is 0 Å². The van der Waals surface area contributed by atoms with Crippen LogP contribution < -0.4 is 0 Å². The van der Waals surface area contributed by atoms with Crippen molar-refractivity contribution in [3.63, 3.8) is 0 Å². The van der Waals surface area contributed by atoms with Crippen molar-refractivity contribution >= 4 is 11.6 Å². The van der Waals surface area contributed by atoms with Gasteiger partial charge in [0.1, 0.15) is 5.69 Å². The number of hydrogen-bond acceptors (Lipinski definition) is 4. The summed E-state index contributed by atoms with van der Waals surface area (Å²) in [5.74, 6) is 6.29. The normalized spacial score (nSPS) is 22.3. The van der Waals surface area contributed by atoms with Crippen LogP contribution in [0.15, 0.2) is 36.4 Å². The minimum Gasteiger partial charge on any atom is -0.368 e. The van der Waals surface area contributed by atoms with Gasteiger partial charge in [-0.15, -0.1) is 0 Å². The van der Waals surface area contributed by atoms with Gasteiger partial charge < -0.3 is 10.2 Å². The van der Waals surface area contributed by atoms with Crippen LogP contribution in [0.1, 0.15) is 35.4 Å². The van der Waals surface area contributed by atoms with E-state index in [0.29, 0.717) is 11.1 Å². The van der Waals surface area contributed by atoms with Crippen LogP contribution in [0.4, 0.5) is 0 Å². The van der Waals surface area contributed by atoms with Gasteiger partial charge in [-0.05, 0) is 54.7 Å². The Morgan fingerprint density at radius 1 is 1.08 bits per heavy atom. The Labute approximate surface area is 158 Å². The second kappa shape index (κ2) is 7.38. The van der Waals surface area contributed by atoms with Crippen LogP contribution in [0.25, 0.3) is 0 Å². The third kappa shape index (κ3) is 3.77. The molecule has 0 radical (unpaired) electrons. The summed E-state index contributed by atoms with van der Waals surface area (Å²) in [7, 11) is 0. The zero-order valence-corrected chi connectivity index (χ0v) is 15.2. The van der Waals surface area contributed by atoms with Gasteiger partial charge in [0.05, 0.1) is 0 Å². The number of aromatic nitrogens is 1. The van der Waals surface area contributed by atoms with Crippen LogP contribution in [0.3, 0.4) is 0 Å². The summed E-state index contributed by atoms with van der Waals surface area (Å²) in [6.45, 7) is 1.85. The molecule has 5 heteroatoms. The fraction of sp³-hybridized carbons (Fsp3) is 0.381. The molecule has 4 nitrogen and oxygen atoms in total. The van der Waals surface area contributed by atoms with Gasteiger partial charge >= 0.3 is 0 Å². The largest absolute Gasteiger partial charge is 0.368 e. The summed E-state index contributed by atoms with van der Waals surface area (Å²) in [4.78, 5) is 7.15. The van der Waals surface area contributed by atoms with Gasteiger partial charge in [-0.3, -0.25) is 4.90 Å². The third-order valence-corrected chi connectivity index (χ3v) is 5.60. The van der Waals surface area contributed by atoms with Gasteiger partial charge in [-0.1, -0.05) is 23.6 Å². The zero-order chi connectivity index (χ0) is 18.1. The van der Waals surface area contributed by atoms with Gasteiger partial charge in [-0.2, -0.15) is 0 Å². The van der Waals surface area contributed by atoms with Crippen LogP contribution in [0, 0.1) is 17.8 Å². The fourth-order valence-corrected chi connectivity index (χ4v) is 3.79. The highest BCUT2D eigenvalue weighted by molar-refractivity contribution is 6.30. The number of fused-ring (bicyclic) bond motifs is 1. The molecule has 1 aromatic heterocycles. The lowest BCUT2D eigenvalue weighted by molar-refractivity contribution is -0.127. The molecule has 0 unspecified atom stereocenters. The number of aliphatic hydroxyl groups excluding tert-OH is 1. The van der Waals surface area contributed by atoms with Crippen molar-refractivity contribution < 1.29 is 10.2 Å². The second-order valence-electron chi connectivity index (χ2n) is 7.08. The first-order chi connectivity index (χ1) is 12.6. The lowest BCUT2D eigenvalue weighted by Crippen LogP contribution is -2.49. The van der Waals surface area contributed by atoms with Crippen LogP contribution in [0.2, 0.25) is 5.02 Å². The molecule has 134 valence electrons. The second-order valence-corrected chi connectivity index (χ2v) is 7.52. The minimum absolute atomic E-state index is 0.0324. The molecule has 2 heterocycles. The van der Waals surface area contributed by atoms with E-state index in [2.05, 4.69) is 22.8 Å². The lowest BCUT2D eigenvalue weighted by atomic mass is 9.78. The molecule has 1 aliphatic carbocycles. The van der Waals surface area contributed by atoms with Crippen LogP contribution in [-0.2, 0) is 13.0 Å². The minimum atomic E-state index is -1.17. The molecular weight excluding hydrogens is 348 g/mol. The zero-order valence-electron chi connectivity index (χ0n) is 14.4. The van der Waals surface area contributed by atoms with E-state index < -0.39 is 6.29 Å². The van der Waals surface area contributed by atoms with Gasteiger partial charge in [0.2, 0.25) is 0 Å². The Hall–Kier alpha value is -1.90. The van der Waals surface area contributed by atoms with E-state index in [9.17, 15) is 10.2 Å². The summed E-state index contributed by atoms with van der Waals surface area (Å²) in [6.07, 6.45) is 1.47. The summed E-state index contributed by atoms with van der Waals surface area (Å²) >= 11 is 5.89. The highest BCUT2D eigenvalue weighted by Crippen LogP contribution is 2.35. The molecule has 2 aliphatic rings. The van der Waals surface area contributed by atoms with Crippen molar-refractivity contribution in [1.82, 2.24) is 9.88 Å². The number of benzene rings is 1. The quantitative estimate of drug-likeness (QED) is 0.632. The van der Waals surface area contributed by atoms with Crippen molar-refractivity contribution in [1.29, 1.82) is 0 Å². The first-order valence-electron chi connectivity index (χ1n) is 8.95. The molecule has 1 aromatic carbocycles. The molecule has 0 spiro atoms. The number of halogens is 1. The van der Waals surface area contributed by atoms with E-state index in [-0.39, 0.29) is 5.92 Å².